The predicted molar refractivity (Wildman–Crippen MR) is 61.3 cm³/mol. The standard InChI is InChI=1S/C11H6BrClO2/c12-11-9(5-6-15-11)10(14)7-1-3-8(13)4-2-7/h1-6H. The zero-order chi connectivity index (χ0) is 10.8. The SMILES string of the molecule is O=C(c1ccc(Cl)cc1)c1ccoc1Br. The largest absolute Gasteiger partial charge is 0.457 e. The number of hydrogen-bond acceptors (Lipinski definition) is 2. The van der Waals surface area contributed by atoms with Gasteiger partial charge in [-0.3, -0.25) is 4.79 Å². The van der Waals surface area contributed by atoms with E-state index in [9.17, 15) is 4.79 Å². The van der Waals surface area contributed by atoms with Gasteiger partial charge in [-0.05, 0) is 46.3 Å². The van der Waals surface area contributed by atoms with Crippen LogP contribution in [-0.2, 0) is 0 Å². The van der Waals surface area contributed by atoms with Crippen molar-refractivity contribution in [2.24, 2.45) is 0 Å². The average molecular weight is 286 g/mol. The first-order chi connectivity index (χ1) is 7.18. The summed E-state index contributed by atoms with van der Waals surface area (Å²) in [6.07, 6.45) is 1.47. The van der Waals surface area contributed by atoms with Crippen molar-refractivity contribution in [1.29, 1.82) is 0 Å². The van der Waals surface area contributed by atoms with Crippen molar-refractivity contribution in [3.63, 3.8) is 0 Å². The monoisotopic (exact) mass is 284 g/mol. The molecule has 2 aromatic rings. The van der Waals surface area contributed by atoms with Crippen LogP contribution in [0, 0.1) is 0 Å². The Morgan fingerprint density at radius 3 is 2.40 bits per heavy atom. The van der Waals surface area contributed by atoms with Crippen LogP contribution in [0.15, 0.2) is 45.7 Å². The topological polar surface area (TPSA) is 30.2 Å². The molecule has 0 aliphatic carbocycles. The van der Waals surface area contributed by atoms with Gasteiger partial charge in [0.1, 0.15) is 0 Å². The molecule has 0 N–H and O–H groups in total. The molecule has 0 fully saturated rings. The number of carbonyl (C=O) groups is 1. The molecule has 0 atom stereocenters. The highest BCUT2D eigenvalue weighted by Gasteiger charge is 2.14. The number of halogens is 2. The molecule has 0 bridgehead atoms. The number of benzene rings is 1. The van der Waals surface area contributed by atoms with Gasteiger partial charge in [-0.1, -0.05) is 11.6 Å². The Labute approximate surface area is 100.0 Å². The highest BCUT2D eigenvalue weighted by Crippen LogP contribution is 2.21. The third-order valence-corrected chi connectivity index (χ3v) is 2.84. The maximum absolute atomic E-state index is 11.9. The molecule has 1 aromatic heterocycles. The molecule has 2 rings (SSSR count). The van der Waals surface area contributed by atoms with E-state index in [1.807, 2.05) is 0 Å². The zero-order valence-electron chi connectivity index (χ0n) is 7.54. The van der Waals surface area contributed by atoms with Crippen LogP contribution in [0.1, 0.15) is 15.9 Å². The van der Waals surface area contributed by atoms with Gasteiger partial charge in [-0.2, -0.15) is 0 Å². The van der Waals surface area contributed by atoms with Crippen molar-refractivity contribution in [3.8, 4) is 0 Å². The van der Waals surface area contributed by atoms with E-state index in [1.54, 1.807) is 30.3 Å². The van der Waals surface area contributed by atoms with E-state index in [4.69, 9.17) is 16.0 Å². The van der Waals surface area contributed by atoms with Gasteiger partial charge in [0, 0.05) is 10.6 Å². The molecule has 15 heavy (non-hydrogen) atoms. The van der Waals surface area contributed by atoms with Gasteiger partial charge in [0.05, 0.1) is 11.8 Å². The second-order valence-electron chi connectivity index (χ2n) is 2.94. The first-order valence-corrected chi connectivity index (χ1v) is 5.39. The minimum atomic E-state index is -0.0905. The van der Waals surface area contributed by atoms with E-state index in [0.717, 1.165) is 0 Å². The van der Waals surface area contributed by atoms with Crippen LogP contribution >= 0.6 is 27.5 Å². The van der Waals surface area contributed by atoms with Crippen LogP contribution in [-0.4, -0.2) is 5.78 Å². The molecule has 0 unspecified atom stereocenters. The lowest BCUT2D eigenvalue weighted by atomic mass is 10.1. The van der Waals surface area contributed by atoms with E-state index in [1.165, 1.54) is 6.26 Å². The zero-order valence-corrected chi connectivity index (χ0v) is 9.88. The average Bonchev–Trinajstić information content (AvgIpc) is 2.65. The van der Waals surface area contributed by atoms with Crippen LogP contribution in [0.4, 0.5) is 0 Å². The lowest BCUT2D eigenvalue weighted by Gasteiger charge is -1.98. The summed E-state index contributed by atoms with van der Waals surface area (Å²) in [6, 6.07) is 8.36. The van der Waals surface area contributed by atoms with Crippen LogP contribution < -0.4 is 0 Å². The summed E-state index contributed by atoms with van der Waals surface area (Å²) in [5.74, 6) is -0.0905. The van der Waals surface area contributed by atoms with Crippen LogP contribution in [0.5, 0.6) is 0 Å². The van der Waals surface area contributed by atoms with Crippen LogP contribution in [0.3, 0.4) is 0 Å². The summed E-state index contributed by atoms with van der Waals surface area (Å²) in [5, 5.41) is 0.609. The number of hydrogen-bond donors (Lipinski definition) is 0. The Morgan fingerprint density at radius 2 is 1.87 bits per heavy atom. The van der Waals surface area contributed by atoms with E-state index >= 15 is 0 Å². The number of carbonyl (C=O) groups excluding carboxylic acids is 1. The first kappa shape index (κ1) is 10.5. The van der Waals surface area contributed by atoms with Gasteiger partial charge >= 0.3 is 0 Å². The number of furan rings is 1. The third-order valence-electron chi connectivity index (χ3n) is 1.97. The van der Waals surface area contributed by atoms with Crippen LogP contribution in [0.2, 0.25) is 5.02 Å². The fourth-order valence-corrected chi connectivity index (χ4v) is 1.76. The van der Waals surface area contributed by atoms with Crippen molar-refractivity contribution >= 4 is 33.3 Å². The second kappa shape index (κ2) is 4.21. The number of rotatable bonds is 2. The minimum Gasteiger partial charge on any atom is -0.457 e. The maximum Gasteiger partial charge on any atom is 0.197 e. The first-order valence-electron chi connectivity index (χ1n) is 4.22. The lowest BCUT2D eigenvalue weighted by Crippen LogP contribution is -1.99. The molecule has 76 valence electrons. The molecule has 1 aromatic carbocycles. The van der Waals surface area contributed by atoms with Gasteiger partial charge in [-0.15, -0.1) is 0 Å². The molecule has 4 heteroatoms. The molecular formula is C11H6BrClO2. The van der Waals surface area contributed by atoms with Gasteiger partial charge in [-0.25, -0.2) is 0 Å². The molecule has 0 radical (unpaired) electrons. The summed E-state index contributed by atoms with van der Waals surface area (Å²) in [7, 11) is 0. The fourth-order valence-electron chi connectivity index (χ4n) is 1.21. The molecular weight excluding hydrogens is 279 g/mol. The van der Waals surface area contributed by atoms with E-state index in [0.29, 0.717) is 20.8 Å². The fraction of sp³-hybridized carbons (Fsp3) is 0. The minimum absolute atomic E-state index is 0.0905. The van der Waals surface area contributed by atoms with E-state index in [-0.39, 0.29) is 5.78 Å². The summed E-state index contributed by atoms with van der Waals surface area (Å²) in [5.41, 5.74) is 1.10. The molecule has 0 aliphatic rings. The van der Waals surface area contributed by atoms with Crippen molar-refractivity contribution in [2.75, 3.05) is 0 Å². The van der Waals surface area contributed by atoms with Crippen molar-refractivity contribution in [3.05, 3.63) is 57.4 Å². The summed E-state index contributed by atoms with van der Waals surface area (Å²) in [4.78, 5) is 11.9. The summed E-state index contributed by atoms with van der Waals surface area (Å²) >= 11 is 8.90. The van der Waals surface area contributed by atoms with Gasteiger partial charge in [0.25, 0.3) is 0 Å². The highest BCUT2D eigenvalue weighted by molar-refractivity contribution is 9.10. The van der Waals surface area contributed by atoms with Crippen molar-refractivity contribution < 1.29 is 9.21 Å². The normalized spacial score (nSPS) is 10.3. The number of ketones is 1. The molecule has 1 heterocycles. The van der Waals surface area contributed by atoms with Gasteiger partial charge in [0.15, 0.2) is 10.5 Å². The molecule has 0 saturated heterocycles. The predicted octanol–water partition coefficient (Wildman–Crippen LogP) is 3.93. The Bertz CT molecular complexity index is 488. The third kappa shape index (κ3) is 2.13. The summed E-state index contributed by atoms with van der Waals surface area (Å²) < 4.78 is 5.45. The molecule has 0 saturated carbocycles. The Hall–Kier alpha value is -1.06. The molecule has 0 amide bonds. The maximum atomic E-state index is 11.9. The Morgan fingerprint density at radius 1 is 1.20 bits per heavy atom. The Kier molecular flexibility index (Phi) is 2.93. The lowest BCUT2D eigenvalue weighted by molar-refractivity contribution is 0.103. The van der Waals surface area contributed by atoms with Gasteiger partial charge < -0.3 is 4.42 Å². The van der Waals surface area contributed by atoms with Crippen molar-refractivity contribution in [2.45, 2.75) is 0 Å². The van der Waals surface area contributed by atoms with Gasteiger partial charge in [0.2, 0.25) is 0 Å². The van der Waals surface area contributed by atoms with Crippen LogP contribution in [0.25, 0.3) is 0 Å². The Balaban J connectivity index is 2.37. The van der Waals surface area contributed by atoms with E-state index < -0.39 is 0 Å². The van der Waals surface area contributed by atoms with E-state index in [2.05, 4.69) is 15.9 Å². The molecule has 2 nitrogen and oxygen atoms in total. The second-order valence-corrected chi connectivity index (χ2v) is 4.10. The smallest absolute Gasteiger partial charge is 0.197 e. The molecule has 0 aliphatic heterocycles. The highest BCUT2D eigenvalue weighted by atomic mass is 79.9. The molecule has 0 spiro atoms. The van der Waals surface area contributed by atoms with Crippen molar-refractivity contribution in [1.82, 2.24) is 0 Å². The summed E-state index contributed by atoms with van der Waals surface area (Å²) in [6.45, 7) is 0. The quantitative estimate of drug-likeness (QED) is 0.783.